The molecule has 0 radical (unpaired) electrons. The summed E-state index contributed by atoms with van der Waals surface area (Å²) in [5.74, 6) is 1.37. The molecule has 0 aromatic carbocycles. The molecule has 2 aromatic rings. The number of nitrogens with one attached hydrogen (secondary N) is 2. The Hall–Kier alpha value is -0.390. The normalized spacial score (nSPS) is 18.9. The third-order valence-electron chi connectivity index (χ3n) is 4.81. The van der Waals surface area contributed by atoms with Crippen molar-refractivity contribution in [3.63, 3.8) is 0 Å². The number of aliphatic hydroxyl groups is 1. The molecule has 0 amide bonds. The smallest absolute Gasteiger partial charge is 0.191 e. The first kappa shape index (κ1) is 24.9. The highest BCUT2D eigenvalue weighted by Crippen LogP contribution is 2.27. The summed E-state index contributed by atoms with van der Waals surface area (Å²) in [5, 5.41) is 19.2. The van der Waals surface area contributed by atoms with Crippen molar-refractivity contribution < 1.29 is 5.11 Å². The van der Waals surface area contributed by atoms with Crippen molar-refractivity contribution in [1.29, 1.82) is 0 Å². The van der Waals surface area contributed by atoms with Crippen LogP contribution in [-0.4, -0.2) is 48.7 Å². The number of guanidine groups is 1. The second kappa shape index (κ2) is 13.1. The summed E-state index contributed by atoms with van der Waals surface area (Å²) in [4.78, 5) is 9.40. The van der Waals surface area contributed by atoms with Gasteiger partial charge in [0.2, 0.25) is 0 Å². The van der Waals surface area contributed by atoms with E-state index in [-0.39, 0.29) is 24.0 Å². The van der Waals surface area contributed by atoms with E-state index in [1.807, 2.05) is 23.5 Å². The molecule has 2 atom stereocenters. The minimum absolute atomic E-state index is 0. The number of aliphatic imine (C=N–C) groups is 1. The molecule has 29 heavy (non-hydrogen) atoms. The molecule has 1 saturated heterocycles. The van der Waals surface area contributed by atoms with Crippen LogP contribution in [-0.2, 0) is 6.54 Å². The molecule has 0 bridgehead atoms. The lowest BCUT2D eigenvalue weighted by molar-refractivity contribution is 0.169. The molecule has 5 nitrogen and oxygen atoms in total. The summed E-state index contributed by atoms with van der Waals surface area (Å²) in [5.41, 5.74) is 0. The van der Waals surface area contributed by atoms with Crippen molar-refractivity contribution in [3.05, 3.63) is 43.7 Å². The van der Waals surface area contributed by atoms with Crippen molar-refractivity contribution in [2.24, 2.45) is 10.9 Å². The van der Waals surface area contributed by atoms with Gasteiger partial charge >= 0.3 is 0 Å². The second-order valence-corrected chi connectivity index (χ2v) is 9.86. The number of rotatable bonds is 8. The fraction of sp³-hybridized carbons (Fsp3) is 0.550. The lowest BCUT2D eigenvalue weighted by Crippen LogP contribution is -2.44. The predicted octanol–water partition coefficient (Wildman–Crippen LogP) is 4.58. The molecule has 0 spiro atoms. The Bertz CT molecular complexity index is 741. The highest BCUT2D eigenvalue weighted by Gasteiger charge is 2.20. The minimum atomic E-state index is -0.621. The van der Waals surface area contributed by atoms with E-state index in [0.29, 0.717) is 16.8 Å². The van der Waals surface area contributed by atoms with Crippen LogP contribution >= 0.6 is 58.3 Å². The van der Waals surface area contributed by atoms with Gasteiger partial charge < -0.3 is 15.7 Å². The molecule has 2 aromatic heterocycles. The van der Waals surface area contributed by atoms with Gasteiger partial charge in [-0.05, 0) is 55.8 Å². The van der Waals surface area contributed by atoms with Gasteiger partial charge in [0, 0.05) is 35.9 Å². The Morgan fingerprint density at radius 3 is 2.93 bits per heavy atom. The zero-order chi connectivity index (χ0) is 19.8. The van der Waals surface area contributed by atoms with E-state index < -0.39 is 6.10 Å². The zero-order valence-corrected chi connectivity index (χ0v) is 21.4. The third kappa shape index (κ3) is 8.34. The Morgan fingerprint density at radius 2 is 2.24 bits per heavy atom. The maximum atomic E-state index is 10.3. The van der Waals surface area contributed by atoms with Gasteiger partial charge in [-0.15, -0.1) is 46.7 Å². The first-order valence-corrected chi connectivity index (χ1v) is 11.9. The molecule has 1 aliphatic heterocycles. The molecular formula is C20H30ClIN4OS2. The number of piperidine rings is 1. The van der Waals surface area contributed by atoms with Crippen LogP contribution in [0.4, 0.5) is 0 Å². The molecule has 0 aliphatic carbocycles. The standard InChI is InChI=1S/C20H29ClN4OS2.HI/c1-2-22-20(24-12-17(26)18-7-8-19(21)28-18)23-11-15-5-3-9-25(13-15)14-16-6-4-10-27-16;/h4,6-8,10,15,17,26H,2-3,5,9,11-14H2,1H3,(H2,22,23,24);1H. The van der Waals surface area contributed by atoms with Gasteiger partial charge in [0.1, 0.15) is 6.10 Å². The van der Waals surface area contributed by atoms with Crippen LogP contribution in [0.1, 0.15) is 35.6 Å². The lowest BCUT2D eigenvalue weighted by Gasteiger charge is -2.32. The first-order chi connectivity index (χ1) is 13.6. The molecule has 3 heterocycles. The molecule has 3 rings (SSSR count). The summed E-state index contributed by atoms with van der Waals surface area (Å²) in [6.45, 7) is 7.41. The largest absolute Gasteiger partial charge is 0.386 e. The van der Waals surface area contributed by atoms with Gasteiger partial charge in [0.15, 0.2) is 5.96 Å². The van der Waals surface area contributed by atoms with Crippen molar-refractivity contribution in [2.75, 3.05) is 32.7 Å². The number of hydrogen-bond acceptors (Lipinski definition) is 5. The van der Waals surface area contributed by atoms with Crippen LogP contribution in [0.3, 0.4) is 0 Å². The van der Waals surface area contributed by atoms with Gasteiger partial charge in [-0.3, -0.25) is 9.89 Å². The fourth-order valence-electron chi connectivity index (χ4n) is 3.44. The Balaban J connectivity index is 0.00000300. The SMILES string of the molecule is CCNC(=NCC(O)c1ccc(Cl)s1)NCC1CCCN(Cc2cccs2)C1.I. The molecule has 1 aliphatic rings. The van der Waals surface area contributed by atoms with Crippen LogP contribution in [0.25, 0.3) is 0 Å². The quantitative estimate of drug-likeness (QED) is 0.248. The number of likely N-dealkylation sites (tertiary alicyclic amines) is 1. The highest BCUT2D eigenvalue weighted by atomic mass is 127. The first-order valence-electron chi connectivity index (χ1n) is 9.84. The number of aliphatic hydroxyl groups excluding tert-OH is 1. The van der Waals surface area contributed by atoms with Crippen LogP contribution in [0.15, 0.2) is 34.6 Å². The monoisotopic (exact) mass is 568 g/mol. The van der Waals surface area contributed by atoms with Crippen molar-refractivity contribution in [3.8, 4) is 0 Å². The predicted molar refractivity (Wildman–Crippen MR) is 136 cm³/mol. The Labute approximate surface area is 203 Å². The van der Waals surface area contributed by atoms with E-state index in [1.54, 1.807) is 0 Å². The van der Waals surface area contributed by atoms with Gasteiger partial charge in [0.25, 0.3) is 0 Å². The van der Waals surface area contributed by atoms with Crippen LogP contribution in [0, 0.1) is 5.92 Å². The summed E-state index contributed by atoms with van der Waals surface area (Å²) in [6.07, 6.45) is 1.86. The second-order valence-electron chi connectivity index (χ2n) is 7.08. The number of hydrogen-bond donors (Lipinski definition) is 3. The Kier molecular flexibility index (Phi) is 11.2. The van der Waals surface area contributed by atoms with Gasteiger partial charge in [-0.1, -0.05) is 17.7 Å². The minimum Gasteiger partial charge on any atom is -0.386 e. The average molecular weight is 569 g/mol. The van der Waals surface area contributed by atoms with Gasteiger partial charge in [-0.2, -0.15) is 0 Å². The molecule has 162 valence electrons. The van der Waals surface area contributed by atoms with Crippen molar-refractivity contribution in [1.82, 2.24) is 15.5 Å². The maximum absolute atomic E-state index is 10.3. The van der Waals surface area contributed by atoms with Gasteiger partial charge in [-0.25, -0.2) is 0 Å². The summed E-state index contributed by atoms with van der Waals surface area (Å²) < 4.78 is 0.687. The molecule has 3 N–H and O–H groups in total. The molecule has 9 heteroatoms. The van der Waals surface area contributed by atoms with E-state index in [0.717, 1.165) is 37.0 Å². The van der Waals surface area contributed by atoms with Crippen molar-refractivity contribution >= 4 is 64.2 Å². The summed E-state index contributed by atoms with van der Waals surface area (Å²) in [7, 11) is 0. The summed E-state index contributed by atoms with van der Waals surface area (Å²) >= 11 is 9.19. The van der Waals surface area contributed by atoms with E-state index >= 15 is 0 Å². The molecule has 1 fully saturated rings. The third-order valence-corrected chi connectivity index (χ3v) is 7.00. The van der Waals surface area contributed by atoms with E-state index in [1.165, 1.54) is 35.6 Å². The van der Waals surface area contributed by atoms with E-state index in [4.69, 9.17) is 11.6 Å². The fourth-order valence-corrected chi connectivity index (χ4v) is 5.23. The number of halogens is 2. The zero-order valence-electron chi connectivity index (χ0n) is 16.6. The summed E-state index contributed by atoms with van der Waals surface area (Å²) in [6, 6.07) is 8.01. The maximum Gasteiger partial charge on any atom is 0.191 e. The Morgan fingerprint density at radius 1 is 1.38 bits per heavy atom. The molecule has 2 unspecified atom stereocenters. The molecular weight excluding hydrogens is 539 g/mol. The number of thiophene rings is 2. The average Bonchev–Trinajstić information content (AvgIpc) is 3.36. The van der Waals surface area contributed by atoms with E-state index in [9.17, 15) is 5.11 Å². The van der Waals surface area contributed by atoms with Gasteiger partial charge in [0.05, 0.1) is 10.9 Å². The highest BCUT2D eigenvalue weighted by molar-refractivity contribution is 14.0. The topological polar surface area (TPSA) is 59.9 Å². The van der Waals surface area contributed by atoms with E-state index in [2.05, 4.69) is 45.0 Å². The van der Waals surface area contributed by atoms with Crippen LogP contribution in [0.5, 0.6) is 0 Å². The number of nitrogens with zero attached hydrogens (tertiary/aromatic N) is 2. The lowest BCUT2D eigenvalue weighted by atomic mass is 9.98. The van der Waals surface area contributed by atoms with Crippen LogP contribution < -0.4 is 10.6 Å². The van der Waals surface area contributed by atoms with Crippen LogP contribution in [0.2, 0.25) is 4.34 Å². The molecule has 0 saturated carbocycles. The van der Waals surface area contributed by atoms with Crippen molar-refractivity contribution in [2.45, 2.75) is 32.4 Å².